The lowest BCUT2D eigenvalue weighted by atomic mass is 10.0. The Morgan fingerprint density at radius 1 is 1.19 bits per heavy atom. The molecule has 1 atom stereocenters. The van der Waals surface area contributed by atoms with E-state index in [4.69, 9.17) is 4.74 Å². The summed E-state index contributed by atoms with van der Waals surface area (Å²) in [5.41, 5.74) is 1.71. The van der Waals surface area contributed by atoms with Crippen LogP contribution in [-0.2, 0) is 4.74 Å². The molecule has 1 aliphatic heterocycles. The number of ether oxygens (including phenoxy) is 1. The highest BCUT2D eigenvalue weighted by Crippen LogP contribution is 2.36. The Labute approximate surface area is 155 Å². The fourth-order valence-corrected chi connectivity index (χ4v) is 3.46. The molecule has 27 heavy (non-hydrogen) atoms. The Balaban J connectivity index is 1.74. The van der Waals surface area contributed by atoms with Crippen LogP contribution in [0.25, 0.3) is 11.0 Å². The van der Waals surface area contributed by atoms with Gasteiger partial charge in [0, 0.05) is 18.7 Å². The van der Waals surface area contributed by atoms with Gasteiger partial charge >= 0.3 is 0 Å². The number of nitrogens with one attached hydrogen (secondary N) is 1. The van der Waals surface area contributed by atoms with Gasteiger partial charge in [-0.3, -0.25) is 0 Å². The summed E-state index contributed by atoms with van der Waals surface area (Å²) in [6.45, 7) is 1.78. The number of aromatic nitrogens is 2. The minimum atomic E-state index is -1.28. The molecule has 5 nitrogen and oxygen atoms in total. The molecule has 0 saturated carbocycles. The van der Waals surface area contributed by atoms with Gasteiger partial charge in [0.2, 0.25) is 5.82 Å². The average molecular weight is 373 g/mol. The zero-order valence-electron chi connectivity index (χ0n) is 15.0. The Kier molecular flexibility index (Phi) is 4.80. The number of imidazole rings is 1. The first kappa shape index (κ1) is 17.9. The summed E-state index contributed by atoms with van der Waals surface area (Å²) in [5.74, 6) is -2.66. The van der Waals surface area contributed by atoms with E-state index < -0.39 is 23.5 Å². The second kappa shape index (κ2) is 7.25. The van der Waals surface area contributed by atoms with Gasteiger partial charge in [-0.05, 0) is 44.2 Å². The molecule has 4 rings (SSSR count). The average Bonchev–Trinajstić information content (AvgIpc) is 3.10. The lowest BCUT2D eigenvalue weighted by Gasteiger charge is -2.31. The smallest absolute Gasteiger partial charge is 0.200 e. The molecule has 3 aromatic rings. The van der Waals surface area contributed by atoms with Gasteiger partial charge in [0.25, 0.3) is 0 Å². The van der Waals surface area contributed by atoms with Crippen LogP contribution in [0.15, 0.2) is 36.4 Å². The number of halogens is 2. The maximum Gasteiger partial charge on any atom is 0.200 e. The second-order valence-corrected chi connectivity index (χ2v) is 6.96. The van der Waals surface area contributed by atoms with E-state index in [0.717, 1.165) is 43.0 Å². The molecule has 0 spiro atoms. The van der Waals surface area contributed by atoms with E-state index in [-0.39, 0.29) is 11.7 Å². The lowest BCUT2D eigenvalue weighted by Crippen LogP contribution is -2.35. The molecule has 1 aromatic heterocycles. The van der Waals surface area contributed by atoms with Gasteiger partial charge in [-0.15, -0.1) is 0 Å². The predicted octanol–water partition coefficient (Wildman–Crippen LogP) is 3.75. The maximum absolute atomic E-state index is 14.0. The van der Waals surface area contributed by atoms with Crippen molar-refractivity contribution >= 4 is 11.0 Å². The topological polar surface area (TPSA) is 61.4 Å². The van der Waals surface area contributed by atoms with Crippen molar-refractivity contribution in [3.63, 3.8) is 0 Å². The van der Waals surface area contributed by atoms with Crippen LogP contribution in [0.3, 0.4) is 0 Å². The predicted molar refractivity (Wildman–Crippen MR) is 97.6 cm³/mol. The Morgan fingerprint density at radius 2 is 1.93 bits per heavy atom. The molecule has 2 N–H and O–H groups in total. The number of benzene rings is 2. The number of nitrogens with zero attached hydrogens (tertiary/aromatic N) is 2. The van der Waals surface area contributed by atoms with Gasteiger partial charge in [-0.1, -0.05) is 12.1 Å². The standard InChI is InChI=1S/C20H21F2N3O2/c1-25-10-8-12(9-11-25)27-19(13-6-7-14(21)17(22)18(13)26)20-23-15-4-2-3-5-16(15)24-20/h2-7,12,19,26H,8-11H2,1H3,(H,23,24). The van der Waals surface area contributed by atoms with Crippen LogP contribution in [0.1, 0.15) is 30.3 Å². The van der Waals surface area contributed by atoms with Gasteiger partial charge in [0.15, 0.2) is 11.6 Å². The zero-order valence-corrected chi connectivity index (χ0v) is 15.0. The molecule has 142 valence electrons. The van der Waals surface area contributed by atoms with Crippen LogP contribution in [0.5, 0.6) is 5.75 Å². The Hall–Kier alpha value is -2.51. The van der Waals surface area contributed by atoms with E-state index in [1.807, 2.05) is 31.3 Å². The van der Waals surface area contributed by atoms with Gasteiger partial charge in [-0.25, -0.2) is 9.37 Å². The number of H-pyrrole nitrogens is 1. The van der Waals surface area contributed by atoms with E-state index in [2.05, 4.69) is 14.9 Å². The molecule has 0 bridgehead atoms. The minimum absolute atomic E-state index is 0.0630. The molecule has 2 heterocycles. The van der Waals surface area contributed by atoms with E-state index in [9.17, 15) is 13.9 Å². The van der Waals surface area contributed by atoms with Crippen molar-refractivity contribution in [3.8, 4) is 5.75 Å². The number of aromatic hydroxyl groups is 1. The molecule has 1 aliphatic rings. The molecular weight excluding hydrogens is 352 g/mol. The SMILES string of the molecule is CN1CCC(OC(c2nc3ccccc3[nH]2)c2ccc(F)c(F)c2O)CC1. The van der Waals surface area contributed by atoms with E-state index >= 15 is 0 Å². The van der Waals surface area contributed by atoms with E-state index in [1.54, 1.807) is 0 Å². The van der Waals surface area contributed by atoms with Crippen LogP contribution in [0, 0.1) is 11.6 Å². The summed E-state index contributed by atoms with van der Waals surface area (Å²) in [4.78, 5) is 9.94. The van der Waals surface area contributed by atoms with Crippen molar-refractivity contribution in [1.82, 2.24) is 14.9 Å². The molecule has 1 fully saturated rings. The first-order chi connectivity index (χ1) is 13.0. The zero-order chi connectivity index (χ0) is 19.0. The van der Waals surface area contributed by atoms with Gasteiger partial charge < -0.3 is 19.7 Å². The third-order valence-electron chi connectivity index (χ3n) is 5.03. The number of aromatic amines is 1. The Bertz CT molecular complexity index is 919. The van der Waals surface area contributed by atoms with E-state index in [0.29, 0.717) is 5.82 Å². The van der Waals surface area contributed by atoms with Crippen molar-refractivity contribution in [2.24, 2.45) is 0 Å². The number of para-hydroxylation sites is 2. The molecule has 1 unspecified atom stereocenters. The summed E-state index contributed by atoms with van der Waals surface area (Å²) in [5, 5.41) is 10.2. The highest BCUT2D eigenvalue weighted by molar-refractivity contribution is 5.75. The third-order valence-corrected chi connectivity index (χ3v) is 5.03. The highest BCUT2D eigenvalue weighted by Gasteiger charge is 2.29. The van der Waals surface area contributed by atoms with Gasteiger partial charge in [0.1, 0.15) is 11.9 Å². The molecular formula is C20H21F2N3O2. The number of fused-ring (bicyclic) bond motifs is 1. The second-order valence-electron chi connectivity index (χ2n) is 6.96. The van der Waals surface area contributed by atoms with Crippen LogP contribution >= 0.6 is 0 Å². The quantitative estimate of drug-likeness (QED) is 0.731. The number of piperidine rings is 1. The number of rotatable bonds is 4. The summed E-state index contributed by atoms with van der Waals surface area (Å²) < 4.78 is 33.7. The van der Waals surface area contributed by atoms with Crippen molar-refractivity contribution in [1.29, 1.82) is 0 Å². The van der Waals surface area contributed by atoms with Gasteiger partial charge in [0.05, 0.1) is 17.1 Å². The maximum atomic E-state index is 14.0. The van der Waals surface area contributed by atoms with Crippen LogP contribution in [0.4, 0.5) is 8.78 Å². The number of likely N-dealkylation sites (tertiary alicyclic amines) is 1. The monoisotopic (exact) mass is 373 g/mol. The minimum Gasteiger partial charge on any atom is -0.504 e. The summed E-state index contributed by atoms with van der Waals surface area (Å²) in [6, 6.07) is 9.83. The molecule has 0 amide bonds. The molecule has 0 radical (unpaired) electrons. The van der Waals surface area contributed by atoms with Gasteiger partial charge in [-0.2, -0.15) is 4.39 Å². The highest BCUT2D eigenvalue weighted by atomic mass is 19.2. The molecule has 2 aromatic carbocycles. The first-order valence-electron chi connectivity index (χ1n) is 8.98. The number of hydrogen-bond donors (Lipinski definition) is 2. The largest absolute Gasteiger partial charge is 0.504 e. The van der Waals surface area contributed by atoms with Crippen molar-refractivity contribution in [2.75, 3.05) is 20.1 Å². The lowest BCUT2D eigenvalue weighted by molar-refractivity contribution is -0.0273. The fraction of sp³-hybridized carbons (Fsp3) is 0.350. The van der Waals surface area contributed by atoms with Crippen LogP contribution < -0.4 is 0 Å². The summed E-state index contributed by atoms with van der Waals surface area (Å²) in [6.07, 6.45) is 0.753. The Morgan fingerprint density at radius 3 is 2.67 bits per heavy atom. The van der Waals surface area contributed by atoms with E-state index in [1.165, 1.54) is 6.07 Å². The number of phenols is 1. The fourth-order valence-electron chi connectivity index (χ4n) is 3.46. The number of phenolic OH excluding ortho intramolecular Hbond substituents is 1. The third kappa shape index (κ3) is 3.52. The van der Waals surface area contributed by atoms with Crippen molar-refractivity contribution < 1.29 is 18.6 Å². The molecule has 7 heteroatoms. The first-order valence-corrected chi connectivity index (χ1v) is 8.98. The van der Waals surface area contributed by atoms with Crippen LogP contribution in [-0.4, -0.2) is 46.2 Å². The summed E-state index contributed by atoms with van der Waals surface area (Å²) >= 11 is 0. The summed E-state index contributed by atoms with van der Waals surface area (Å²) in [7, 11) is 2.05. The molecule has 0 aliphatic carbocycles. The normalized spacial score (nSPS) is 17.4. The number of hydrogen-bond acceptors (Lipinski definition) is 4. The van der Waals surface area contributed by atoms with Crippen LogP contribution in [0.2, 0.25) is 0 Å². The van der Waals surface area contributed by atoms with Crippen molar-refractivity contribution in [3.05, 3.63) is 59.4 Å². The molecule has 1 saturated heterocycles. The van der Waals surface area contributed by atoms with Crippen molar-refractivity contribution in [2.45, 2.75) is 25.0 Å².